The zero-order valence-electron chi connectivity index (χ0n) is 8.33. The Hall–Kier alpha value is -1.23. The number of hydrogen-bond donors (Lipinski definition) is 0. The average Bonchev–Trinajstić information content (AvgIpc) is 2.14. The highest BCUT2D eigenvalue weighted by Gasteiger charge is 2.15. The molecule has 13 heavy (non-hydrogen) atoms. The Balaban J connectivity index is 2.57. The number of nitriles is 1. The first-order valence-electron chi connectivity index (χ1n) is 4.78. The molecule has 0 saturated carbocycles. The summed E-state index contributed by atoms with van der Waals surface area (Å²) in [6.07, 6.45) is 10.5. The maximum Gasteiger partial charge on any atom is 0.179 e. The molecule has 2 nitrogen and oxygen atoms in total. The van der Waals surface area contributed by atoms with E-state index in [-0.39, 0.29) is 6.04 Å². The van der Waals surface area contributed by atoms with E-state index in [1.54, 1.807) is 0 Å². The van der Waals surface area contributed by atoms with Gasteiger partial charge in [0.05, 0.1) is 6.04 Å². The van der Waals surface area contributed by atoms with Gasteiger partial charge >= 0.3 is 0 Å². The molecule has 1 rings (SSSR count). The van der Waals surface area contributed by atoms with Crippen LogP contribution < -0.4 is 0 Å². The van der Waals surface area contributed by atoms with Crippen molar-refractivity contribution in [3.63, 3.8) is 0 Å². The van der Waals surface area contributed by atoms with E-state index in [9.17, 15) is 0 Å². The minimum Gasteiger partial charge on any atom is -0.303 e. The van der Waals surface area contributed by atoms with Gasteiger partial charge in [0, 0.05) is 6.54 Å². The standard InChI is InChI=1S/C11H16N2/c1-3-7-13(9-12)11-6-4-5-10(2)8-11/h4-6,11H,3,7-8H2,1-2H3. The first kappa shape index (κ1) is 9.85. The second-order valence-electron chi connectivity index (χ2n) is 3.46. The van der Waals surface area contributed by atoms with Crippen molar-refractivity contribution in [3.05, 3.63) is 23.8 Å². The lowest BCUT2D eigenvalue weighted by atomic mass is 10.0. The summed E-state index contributed by atoms with van der Waals surface area (Å²) in [7, 11) is 0. The van der Waals surface area contributed by atoms with E-state index in [0.29, 0.717) is 0 Å². The molecule has 0 saturated heterocycles. The molecule has 2 heteroatoms. The summed E-state index contributed by atoms with van der Waals surface area (Å²) in [5.41, 5.74) is 1.35. The van der Waals surface area contributed by atoms with E-state index in [1.807, 2.05) is 11.0 Å². The maximum absolute atomic E-state index is 8.92. The van der Waals surface area contributed by atoms with Crippen LogP contribution in [0.3, 0.4) is 0 Å². The molecule has 0 aliphatic heterocycles. The van der Waals surface area contributed by atoms with Gasteiger partial charge in [-0.05, 0) is 19.8 Å². The van der Waals surface area contributed by atoms with E-state index in [2.05, 4.69) is 32.2 Å². The largest absolute Gasteiger partial charge is 0.303 e. The number of allylic oxidation sites excluding steroid dienone is 2. The third-order valence-corrected chi connectivity index (χ3v) is 2.24. The predicted octanol–water partition coefficient (Wildman–Crippen LogP) is 2.45. The van der Waals surface area contributed by atoms with E-state index in [1.165, 1.54) is 5.57 Å². The van der Waals surface area contributed by atoms with Gasteiger partial charge in [-0.15, -0.1) is 0 Å². The van der Waals surface area contributed by atoms with Gasteiger partial charge < -0.3 is 4.90 Å². The lowest BCUT2D eigenvalue weighted by Crippen LogP contribution is -2.31. The Morgan fingerprint density at radius 3 is 3.00 bits per heavy atom. The Labute approximate surface area is 80.2 Å². The van der Waals surface area contributed by atoms with Crippen molar-refractivity contribution in [2.45, 2.75) is 32.7 Å². The minimum atomic E-state index is 0.287. The van der Waals surface area contributed by atoms with Crippen molar-refractivity contribution in [2.24, 2.45) is 0 Å². The Morgan fingerprint density at radius 1 is 1.69 bits per heavy atom. The highest BCUT2D eigenvalue weighted by atomic mass is 15.1. The highest BCUT2D eigenvalue weighted by molar-refractivity contribution is 5.21. The maximum atomic E-state index is 8.92. The van der Waals surface area contributed by atoms with Gasteiger partial charge in [-0.3, -0.25) is 0 Å². The number of nitrogens with zero attached hydrogens (tertiary/aromatic N) is 2. The van der Waals surface area contributed by atoms with Crippen LogP contribution in [0.2, 0.25) is 0 Å². The third kappa shape index (κ3) is 2.62. The molecule has 0 aromatic rings. The van der Waals surface area contributed by atoms with Crippen molar-refractivity contribution in [1.29, 1.82) is 5.26 Å². The fourth-order valence-electron chi connectivity index (χ4n) is 1.56. The molecular formula is C11H16N2. The quantitative estimate of drug-likeness (QED) is 0.488. The van der Waals surface area contributed by atoms with Crippen LogP contribution in [0.5, 0.6) is 0 Å². The predicted molar refractivity (Wildman–Crippen MR) is 53.9 cm³/mol. The first-order valence-corrected chi connectivity index (χ1v) is 4.78. The Bertz CT molecular complexity index is 258. The van der Waals surface area contributed by atoms with Gasteiger partial charge in [-0.1, -0.05) is 30.7 Å². The Kier molecular flexibility index (Phi) is 3.57. The molecule has 1 aliphatic rings. The van der Waals surface area contributed by atoms with Crippen LogP contribution in [-0.4, -0.2) is 17.5 Å². The Morgan fingerprint density at radius 2 is 2.46 bits per heavy atom. The molecular weight excluding hydrogens is 160 g/mol. The zero-order chi connectivity index (χ0) is 9.68. The lowest BCUT2D eigenvalue weighted by Gasteiger charge is -2.25. The molecule has 1 aliphatic carbocycles. The second-order valence-corrected chi connectivity index (χ2v) is 3.46. The summed E-state index contributed by atoms with van der Waals surface area (Å²) in [4.78, 5) is 1.85. The molecule has 0 heterocycles. The van der Waals surface area contributed by atoms with Crippen LogP contribution in [0.1, 0.15) is 26.7 Å². The third-order valence-electron chi connectivity index (χ3n) is 2.24. The first-order chi connectivity index (χ1) is 6.27. The summed E-state index contributed by atoms with van der Waals surface area (Å²) in [6.45, 7) is 5.07. The molecule has 1 atom stereocenters. The van der Waals surface area contributed by atoms with Crippen LogP contribution in [0.25, 0.3) is 0 Å². The summed E-state index contributed by atoms with van der Waals surface area (Å²) < 4.78 is 0. The van der Waals surface area contributed by atoms with Crippen LogP contribution >= 0.6 is 0 Å². The molecule has 1 unspecified atom stereocenters. The molecule has 0 radical (unpaired) electrons. The summed E-state index contributed by atoms with van der Waals surface area (Å²) in [6, 6.07) is 0.287. The highest BCUT2D eigenvalue weighted by Crippen LogP contribution is 2.16. The second kappa shape index (κ2) is 4.71. The van der Waals surface area contributed by atoms with Crippen molar-refractivity contribution >= 4 is 0 Å². The van der Waals surface area contributed by atoms with Crippen molar-refractivity contribution < 1.29 is 0 Å². The summed E-state index contributed by atoms with van der Waals surface area (Å²) in [5, 5.41) is 8.92. The summed E-state index contributed by atoms with van der Waals surface area (Å²) >= 11 is 0. The fourth-order valence-corrected chi connectivity index (χ4v) is 1.56. The van der Waals surface area contributed by atoms with Crippen LogP contribution in [0, 0.1) is 11.5 Å². The molecule has 0 bridgehead atoms. The van der Waals surface area contributed by atoms with Gasteiger partial charge in [0.25, 0.3) is 0 Å². The van der Waals surface area contributed by atoms with E-state index < -0.39 is 0 Å². The summed E-state index contributed by atoms with van der Waals surface area (Å²) in [5.74, 6) is 0. The molecule has 0 fully saturated rings. The smallest absolute Gasteiger partial charge is 0.179 e. The average molecular weight is 176 g/mol. The van der Waals surface area contributed by atoms with E-state index in [4.69, 9.17) is 5.26 Å². The molecule has 0 spiro atoms. The van der Waals surface area contributed by atoms with E-state index in [0.717, 1.165) is 19.4 Å². The van der Waals surface area contributed by atoms with Crippen molar-refractivity contribution in [1.82, 2.24) is 4.90 Å². The molecule has 0 amide bonds. The van der Waals surface area contributed by atoms with Crippen LogP contribution in [-0.2, 0) is 0 Å². The fraction of sp³-hybridized carbons (Fsp3) is 0.545. The van der Waals surface area contributed by atoms with Crippen LogP contribution in [0.15, 0.2) is 23.8 Å². The zero-order valence-corrected chi connectivity index (χ0v) is 8.33. The number of rotatable bonds is 3. The van der Waals surface area contributed by atoms with Crippen LogP contribution in [0.4, 0.5) is 0 Å². The van der Waals surface area contributed by atoms with Gasteiger partial charge in [-0.2, -0.15) is 5.26 Å². The van der Waals surface area contributed by atoms with Gasteiger partial charge in [0.1, 0.15) is 0 Å². The van der Waals surface area contributed by atoms with Gasteiger partial charge in [0.15, 0.2) is 6.19 Å². The number of hydrogen-bond acceptors (Lipinski definition) is 2. The normalized spacial score (nSPS) is 20.7. The molecule has 0 aromatic carbocycles. The SMILES string of the molecule is CCCN(C#N)C1C=CC=C(C)C1. The molecule has 0 N–H and O–H groups in total. The van der Waals surface area contributed by atoms with Gasteiger partial charge in [-0.25, -0.2) is 0 Å². The molecule has 0 aromatic heterocycles. The monoisotopic (exact) mass is 176 g/mol. The van der Waals surface area contributed by atoms with Gasteiger partial charge in [0.2, 0.25) is 0 Å². The minimum absolute atomic E-state index is 0.287. The van der Waals surface area contributed by atoms with Crippen molar-refractivity contribution in [3.8, 4) is 6.19 Å². The molecule has 70 valence electrons. The van der Waals surface area contributed by atoms with Crippen molar-refractivity contribution in [2.75, 3.05) is 6.54 Å². The topological polar surface area (TPSA) is 27.0 Å². The van der Waals surface area contributed by atoms with E-state index >= 15 is 0 Å². The lowest BCUT2D eigenvalue weighted by molar-refractivity contribution is 0.330.